The molecule has 0 aromatic rings. The van der Waals surface area contributed by atoms with Gasteiger partial charge in [-0.25, -0.2) is 0 Å². The van der Waals surface area contributed by atoms with E-state index in [-0.39, 0.29) is 12.5 Å². The van der Waals surface area contributed by atoms with Crippen LogP contribution >= 0.6 is 11.8 Å². The van der Waals surface area contributed by atoms with Crippen LogP contribution in [0.1, 0.15) is 6.42 Å². The van der Waals surface area contributed by atoms with Gasteiger partial charge in [0.25, 0.3) is 0 Å². The van der Waals surface area contributed by atoms with Crippen molar-refractivity contribution < 1.29 is 14.7 Å². The lowest BCUT2D eigenvalue weighted by atomic mass is 10.2. The summed E-state index contributed by atoms with van der Waals surface area (Å²) in [6, 6.07) is -0.112. The molecule has 1 atom stereocenters. The Labute approximate surface area is 74.9 Å². The highest BCUT2D eigenvalue weighted by molar-refractivity contribution is 7.99. The highest BCUT2D eigenvalue weighted by atomic mass is 32.2. The van der Waals surface area contributed by atoms with E-state index in [4.69, 9.17) is 5.11 Å². The summed E-state index contributed by atoms with van der Waals surface area (Å²) in [5, 5.41) is 8.53. The van der Waals surface area contributed by atoms with Crippen LogP contribution in [-0.4, -0.2) is 46.5 Å². The first kappa shape index (κ1) is 9.38. The van der Waals surface area contributed by atoms with E-state index >= 15 is 0 Å². The molecule has 0 spiro atoms. The Morgan fingerprint density at radius 2 is 2.50 bits per heavy atom. The zero-order valence-corrected chi connectivity index (χ0v) is 7.42. The normalized spacial score (nSPS) is 23.7. The molecular formula is C7H11NO3S. The Morgan fingerprint density at radius 3 is 3.08 bits per heavy atom. The molecule has 0 aromatic carbocycles. The number of thioether (sulfide) groups is 1. The molecule has 1 aliphatic heterocycles. The fourth-order valence-corrected chi connectivity index (χ4v) is 2.27. The lowest BCUT2D eigenvalue weighted by Gasteiger charge is -2.31. The smallest absolute Gasteiger partial charge is 0.305 e. The van der Waals surface area contributed by atoms with Crippen molar-refractivity contribution in [1.29, 1.82) is 0 Å². The van der Waals surface area contributed by atoms with Gasteiger partial charge in [0.1, 0.15) is 0 Å². The fourth-order valence-electron chi connectivity index (χ4n) is 1.18. The van der Waals surface area contributed by atoms with Crippen LogP contribution < -0.4 is 0 Å². The number of rotatable bonds is 3. The first-order chi connectivity index (χ1) is 5.74. The number of carboxylic acids is 1. The van der Waals surface area contributed by atoms with Gasteiger partial charge in [0.2, 0.25) is 6.41 Å². The van der Waals surface area contributed by atoms with Gasteiger partial charge in [-0.15, -0.1) is 0 Å². The van der Waals surface area contributed by atoms with Crippen LogP contribution in [0.15, 0.2) is 0 Å². The summed E-state index contributed by atoms with van der Waals surface area (Å²) < 4.78 is 0. The summed E-state index contributed by atoms with van der Waals surface area (Å²) in [5.41, 5.74) is 0. The predicted molar refractivity (Wildman–Crippen MR) is 46.1 cm³/mol. The third-order valence-electron chi connectivity index (χ3n) is 1.82. The van der Waals surface area contributed by atoms with E-state index in [9.17, 15) is 9.59 Å². The number of carbonyl (C=O) groups is 2. The monoisotopic (exact) mass is 189 g/mol. The number of aliphatic carboxylic acids is 1. The van der Waals surface area contributed by atoms with Crippen molar-refractivity contribution >= 4 is 24.1 Å². The molecule has 12 heavy (non-hydrogen) atoms. The van der Waals surface area contributed by atoms with E-state index in [1.807, 2.05) is 0 Å². The van der Waals surface area contributed by atoms with Crippen molar-refractivity contribution in [2.45, 2.75) is 12.5 Å². The van der Waals surface area contributed by atoms with Crippen molar-refractivity contribution in [3.8, 4) is 0 Å². The molecular weight excluding hydrogens is 178 g/mol. The maximum absolute atomic E-state index is 10.5. The molecule has 1 aliphatic rings. The zero-order valence-electron chi connectivity index (χ0n) is 6.60. The maximum Gasteiger partial charge on any atom is 0.305 e. The van der Waals surface area contributed by atoms with Gasteiger partial charge in [0.15, 0.2) is 0 Å². The van der Waals surface area contributed by atoms with Crippen LogP contribution in [0.3, 0.4) is 0 Å². The minimum absolute atomic E-state index is 0.0613. The second-order valence-electron chi connectivity index (χ2n) is 2.67. The highest BCUT2D eigenvalue weighted by Crippen LogP contribution is 2.17. The minimum Gasteiger partial charge on any atom is -0.481 e. The van der Waals surface area contributed by atoms with Crippen LogP contribution in [0.5, 0.6) is 0 Å². The molecule has 1 rings (SSSR count). The Hall–Kier alpha value is -0.710. The van der Waals surface area contributed by atoms with Gasteiger partial charge in [-0.2, -0.15) is 11.8 Å². The third-order valence-corrected chi connectivity index (χ3v) is 2.91. The first-order valence-corrected chi connectivity index (χ1v) is 4.90. The van der Waals surface area contributed by atoms with E-state index in [2.05, 4.69) is 0 Å². The van der Waals surface area contributed by atoms with Crippen LogP contribution in [0.4, 0.5) is 0 Å². The number of nitrogens with zero attached hydrogens (tertiary/aromatic N) is 1. The Kier molecular flexibility index (Phi) is 3.40. The zero-order chi connectivity index (χ0) is 8.97. The molecule has 1 amide bonds. The highest BCUT2D eigenvalue weighted by Gasteiger charge is 2.23. The average molecular weight is 189 g/mol. The summed E-state index contributed by atoms with van der Waals surface area (Å²) in [7, 11) is 0. The molecule has 0 aromatic heterocycles. The Balaban J connectivity index is 2.46. The Bertz CT molecular complexity index is 185. The molecule has 4 nitrogen and oxygen atoms in total. The molecule has 1 heterocycles. The summed E-state index contributed by atoms with van der Waals surface area (Å²) in [4.78, 5) is 22.4. The number of carboxylic acid groups (broad SMARTS) is 1. The SMILES string of the molecule is O=CN1CCSCC1CC(=O)O. The maximum atomic E-state index is 10.5. The average Bonchev–Trinajstić information content (AvgIpc) is 2.04. The van der Waals surface area contributed by atoms with Crippen molar-refractivity contribution in [3.05, 3.63) is 0 Å². The second-order valence-corrected chi connectivity index (χ2v) is 3.82. The standard InChI is InChI=1S/C7H11NO3S/c9-5-8-1-2-12-4-6(8)3-7(10)11/h5-6H,1-4H2,(H,10,11). The summed E-state index contributed by atoms with van der Waals surface area (Å²) >= 11 is 1.70. The molecule has 5 heteroatoms. The van der Waals surface area contributed by atoms with Crippen molar-refractivity contribution in [2.24, 2.45) is 0 Å². The van der Waals surface area contributed by atoms with E-state index in [0.29, 0.717) is 6.54 Å². The van der Waals surface area contributed by atoms with Gasteiger partial charge in [-0.1, -0.05) is 0 Å². The van der Waals surface area contributed by atoms with Gasteiger partial charge in [-0.05, 0) is 0 Å². The van der Waals surface area contributed by atoms with Crippen molar-refractivity contribution in [1.82, 2.24) is 4.90 Å². The first-order valence-electron chi connectivity index (χ1n) is 3.74. The molecule has 1 saturated heterocycles. The minimum atomic E-state index is -0.839. The third kappa shape index (κ3) is 2.41. The van der Waals surface area contributed by atoms with Crippen LogP contribution in [0, 0.1) is 0 Å². The van der Waals surface area contributed by atoms with Crippen LogP contribution in [-0.2, 0) is 9.59 Å². The number of hydrogen-bond donors (Lipinski definition) is 1. The molecule has 1 fully saturated rings. The van der Waals surface area contributed by atoms with Gasteiger partial charge in [-0.3, -0.25) is 9.59 Å². The number of hydrogen-bond acceptors (Lipinski definition) is 3. The van der Waals surface area contributed by atoms with Gasteiger partial charge >= 0.3 is 5.97 Å². The summed E-state index contributed by atoms with van der Waals surface area (Å²) in [5.74, 6) is 0.814. The molecule has 68 valence electrons. The van der Waals surface area contributed by atoms with Crippen LogP contribution in [0.2, 0.25) is 0 Å². The van der Waals surface area contributed by atoms with E-state index in [1.165, 1.54) is 0 Å². The Morgan fingerprint density at radius 1 is 1.75 bits per heavy atom. The molecule has 0 aliphatic carbocycles. The number of amides is 1. The topological polar surface area (TPSA) is 57.6 Å². The van der Waals surface area contributed by atoms with Gasteiger partial charge < -0.3 is 10.0 Å². The fraction of sp³-hybridized carbons (Fsp3) is 0.714. The lowest BCUT2D eigenvalue weighted by Crippen LogP contribution is -2.42. The summed E-state index contributed by atoms with van der Waals surface area (Å²) in [6.45, 7) is 0.673. The van der Waals surface area contributed by atoms with Gasteiger partial charge in [0.05, 0.1) is 12.5 Å². The molecule has 0 bridgehead atoms. The second kappa shape index (κ2) is 4.35. The van der Waals surface area contributed by atoms with Gasteiger partial charge in [0, 0.05) is 18.1 Å². The number of carbonyl (C=O) groups excluding carboxylic acids is 1. The quantitative estimate of drug-likeness (QED) is 0.637. The largest absolute Gasteiger partial charge is 0.481 e. The molecule has 1 unspecified atom stereocenters. The van der Waals surface area contributed by atoms with E-state index in [1.54, 1.807) is 16.7 Å². The van der Waals surface area contributed by atoms with E-state index in [0.717, 1.165) is 17.9 Å². The van der Waals surface area contributed by atoms with Crippen LogP contribution in [0.25, 0.3) is 0 Å². The van der Waals surface area contributed by atoms with Crippen molar-refractivity contribution in [2.75, 3.05) is 18.1 Å². The molecule has 1 N–H and O–H groups in total. The summed E-state index contributed by atoms with van der Waals surface area (Å²) in [6.07, 6.45) is 0.805. The van der Waals surface area contributed by atoms with Crippen molar-refractivity contribution in [3.63, 3.8) is 0 Å². The van der Waals surface area contributed by atoms with E-state index < -0.39 is 5.97 Å². The molecule has 0 saturated carbocycles. The lowest BCUT2D eigenvalue weighted by molar-refractivity contribution is -0.138. The molecule has 0 radical (unpaired) electrons. The predicted octanol–water partition coefficient (Wildman–Crippen LogP) is 0.0349.